The number of hydrogen-bond donors (Lipinski definition) is 3. The number of rotatable bonds is 2. The number of phenols is 1. The molecule has 0 radical (unpaired) electrons. The summed E-state index contributed by atoms with van der Waals surface area (Å²) < 4.78 is 0. The Balaban J connectivity index is 1.88. The van der Waals surface area contributed by atoms with Crippen molar-refractivity contribution in [3.05, 3.63) is 59.7 Å². The van der Waals surface area contributed by atoms with E-state index in [0.717, 1.165) is 16.7 Å². The molecule has 0 aliphatic carbocycles. The summed E-state index contributed by atoms with van der Waals surface area (Å²) >= 11 is 5.01. The highest BCUT2D eigenvalue weighted by Crippen LogP contribution is 2.24. The second-order valence-electron chi connectivity index (χ2n) is 4.97. The average Bonchev–Trinajstić information content (AvgIpc) is 2.51. The van der Waals surface area contributed by atoms with Gasteiger partial charge in [-0.15, -0.1) is 0 Å². The van der Waals surface area contributed by atoms with Crippen LogP contribution in [-0.2, 0) is 4.79 Å². The maximum atomic E-state index is 11.8. The van der Waals surface area contributed by atoms with Gasteiger partial charge in [0.15, 0.2) is 0 Å². The zero-order chi connectivity index (χ0) is 16.4. The molecule has 3 rings (SSSR count). The molecule has 0 bridgehead atoms. The van der Waals surface area contributed by atoms with Gasteiger partial charge in [-0.1, -0.05) is 48.6 Å². The van der Waals surface area contributed by atoms with Crippen LogP contribution in [0, 0.1) is 0 Å². The topological polar surface area (TPSA) is 78.4 Å². The first-order chi connectivity index (χ1) is 11.0. The molecule has 0 spiro atoms. The first kappa shape index (κ1) is 14.9. The van der Waals surface area contributed by atoms with Gasteiger partial charge in [-0.05, 0) is 34.9 Å². The minimum atomic E-state index is -0.614. The van der Waals surface area contributed by atoms with Gasteiger partial charge in [0, 0.05) is 0 Å². The van der Waals surface area contributed by atoms with Crippen LogP contribution in [0.25, 0.3) is 17.2 Å². The molecule has 23 heavy (non-hydrogen) atoms. The number of urea groups is 1. The summed E-state index contributed by atoms with van der Waals surface area (Å²) in [6, 6.07) is 13.8. The molecular weight excluding hydrogens is 312 g/mol. The fourth-order valence-corrected chi connectivity index (χ4v) is 2.47. The maximum Gasteiger partial charge on any atom is 0.326 e. The van der Waals surface area contributed by atoms with Gasteiger partial charge in [0.1, 0.15) is 10.7 Å². The Morgan fingerprint density at radius 3 is 2.35 bits per heavy atom. The van der Waals surface area contributed by atoms with Gasteiger partial charge in [-0.3, -0.25) is 15.4 Å². The molecule has 1 aliphatic heterocycles. The quantitative estimate of drug-likeness (QED) is 0.586. The van der Waals surface area contributed by atoms with E-state index in [1.165, 1.54) is 0 Å². The Labute approximate surface area is 137 Å². The van der Waals surface area contributed by atoms with Crippen LogP contribution in [0.15, 0.2) is 54.1 Å². The summed E-state index contributed by atoms with van der Waals surface area (Å²) in [6.07, 6.45) is 1.61. The van der Waals surface area contributed by atoms with E-state index >= 15 is 0 Å². The maximum absolute atomic E-state index is 11.8. The number of carbonyl (C=O) groups excluding carboxylic acids is 2. The summed E-state index contributed by atoms with van der Waals surface area (Å²) in [5.41, 5.74) is 2.84. The first-order valence-corrected chi connectivity index (χ1v) is 7.21. The Hall–Kier alpha value is -2.99. The van der Waals surface area contributed by atoms with Crippen LogP contribution in [0.4, 0.5) is 4.79 Å². The summed E-state index contributed by atoms with van der Waals surface area (Å²) in [5.74, 6) is -0.315. The van der Waals surface area contributed by atoms with Crippen molar-refractivity contribution in [1.29, 1.82) is 0 Å². The highest BCUT2D eigenvalue weighted by Gasteiger charge is 2.24. The van der Waals surface area contributed by atoms with E-state index in [1.807, 2.05) is 30.3 Å². The van der Waals surface area contributed by atoms with Gasteiger partial charge >= 0.3 is 6.03 Å². The number of benzene rings is 2. The molecule has 2 aromatic carbocycles. The van der Waals surface area contributed by atoms with E-state index in [0.29, 0.717) is 0 Å². The summed E-state index contributed by atoms with van der Waals surface area (Å²) in [7, 11) is 0. The molecule has 3 N–H and O–H groups in total. The van der Waals surface area contributed by atoms with Gasteiger partial charge in [-0.25, -0.2) is 4.79 Å². The number of amides is 3. The predicted molar refractivity (Wildman–Crippen MR) is 90.8 cm³/mol. The lowest BCUT2D eigenvalue weighted by Crippen LogP contribution is -2.50. The van der Waals surface area contributed by atoms with E-state index in [4.69, 9.17) is 12.2 Å². The van der Waals surface area contributed by atoms with E-state index in [-0.39, 0.29) is 16.3 Å². The number of aromatic hydroxyl groups is 1. The predicted octanol–water partition coefficient (Wildman–Crippen LogP) is 2.61. The number of phenolic OH excluding ortho intramolecular Hbond substituents is 1. The van der Waals surface area contributed by atoms with Crippen molar-refractivity contribution in [3.8, 4) is 16.9 Å². The van der Waals surface area contributed by atoms with Crippen molar-refractivity contribution >= 4 is 35.2 Å². The summed E-state index contributed by atoms with van der Waals surface area (Å²) in [5, 5.41) is 14.1. The van der Waals surface area contributed by atoms with Crippen molar-refractivity contribution in [2.75, 3.05) is 0 Å². The molecule has 0 atom stereocenters. The Morgan fingerprint density at radius 1 is 0.957 bits per heavy atom. The SMILES string of the molecule is O=C1NC(=O)/C(=C\c2ccc(-c3cccc(O)c3)cc2)C(=S)N1. The molecule has 1 heterocycles. The highest BCUT2D eigenvalue weighted by atomic mass is 32.1. The number of imide groups is 1. The van der Waals surface area contributed by atoms with Gasteiger partial charge < -0.3 is 5.11 Å². The van der Waals surface area contributed by atoms with E-state index in [9.17, 15) is 14.7 Å². The van der Waals surface area contributed by atoms with Crippen LogP contribution in [0.5, 0.6) is 5.75 Å². The van der Waals surface area contributed by atoms with Crippen molar-refractivity contribution < 1.29 is 14.7 Å². The smallest absolute Gasteiger partial charge is 0.326 e. The highest BCUT2D eigenvalue weighted by molar-refractivity contribution is 7.81. The molecule has 1 saturated heterocycles. The lowest BCUT2D eigenvalue weighted by molar-refractivity contribution is -0.116. The Kier molecular flexibility index (Phi) is 3.91. The lowest BCUT2D eigenvalue weighted by Gasteiger charge is -2.16. The molecular formula is C17H12N2O3S. The molecule has 3 amide bonds. The second-order valence-corrected chi connectivity index (χ2v) is 5.38. The molecule has 6 heteroatoms. The minimum absolute atomic E-state index is 0.107. The van der Waals surface area contributed by atoms with Crippen molar-refractivity contribution in [1.82, 2.24) is 10.6 Å². The minimum Gasteiger partial charge on any atom is -0.508 e. The summed E-state index contributed by atoms with van der Waals surface area (Å²) in [4.78, 5) is 23.0. The van der Waals surface area contributed by atoms with Crippen molar-refractivity contribution in [3.63, 3.8) is 0 Å². The third-order valence-corrected chi connectivity index (χ3v) is 3.67. The summed E-state index contributed by atoms with van der Waals surface area (Å²) in [6.45, 7) is 0. The zero-order valence-electron chi connectivity index (χ0n) is 11.9. The van der Waals surface area contributed by atoms with Crippen LogP contribution in [-0.4, -0.2) is 22.0 Å². The molecule has 0 aromatic heterocycles. The van der Waals surface area contributed by atoms with Gasteiger partial charge in [0.25, 0.3) is 5.91 Å². The standard InChI is InChI=1S/C17H12N2O3S/c20-13-3-1-2-12(9-13)11-6-4-10(5-7-11)8-14-15(21)18-17(22)19-16(14)23/h1-9,20H,(H2,18,19,21,22,23)/b14-8+. The van der Waals surface area contributed by atoms with Crippen LogP contribution in [0.2, 0.25) is 0 Å². The van der Waals surface area contributed by atoms with Crippen LogP contribution < -0.4 is 10.6 Å². The third-order valence-electron chi connectivity index (χ3n) is 3.34. The zero-order valence-corrected chi connectivity index (χ0v) is 12.7. The largest absolute Gasteiger partial charge is 0.508 e. The van der Waals surface area contributed by atoms with Crippen molar-refractivity contribution in [2.24, 2.45) is 0 Å². The molecule has 1 fully saturated rings. The fourth-order valence-electron chi connectivity index (χ4n) is 2.23. The number of nitrogens with one attached hydrogen (secondary N) is 2. The van der Waals surface area contributed by atoms with Crippen LogP contribution in [0.3, 0.4) is 0 Å². The third kappa shape index (κ3) is 3.27. The normalized spacial score (nSPS) is 16.2. The molecule has 0 unspecified atom stereocenters. The molecule has 1 aliphatic rings. The molecule has 5 nitrogen and oxygen atoms in total. The first-order valence-electron chi connectivity index (χ1n) is 6.81. The van der Waals surface area contributed by atoms with Gasteiger partial charge in [0.2, 0.25) is 0 Å². The lowest BCUT2D eigenvalue weighted by atomic mass is 10.0. The van der Waals surface area contributed by atoms with E-state index in [2.05, 4.69) is 10.6 Å². The fraction of sp³-hybridized carbons (Fsp3) is 0. The van der Waals surface area contributed by atoms with E-state index < -0.39 is 11.9 Å². The van der Waals surface area contributed by atoms with Gasteiger partial charge in [0.05, 0.1) is 5.57 Å². The Morgan fingerprint density at radius 2 is 1.70 bits per heavy atom. The number of hydrogen-bond acceptors (Lipinski definition) is 4. The number of thiocarbonyl (C=S) groups is 1. The van der Waals surface area contributed by atoms with Gasteiger partial charge in [-0.2, -0.15) is 0 Å². The van der Waals surface area contributed by atoms with E-state index in [1.54, 1.807) is 24.3 Å². The average molecular weight is 324 g/mol. The monoisotopic (exact) mass is 324 g/mol. The number of carbonyl (C=O) groups is 2. The van der Waals surface area contributed by atoms with Crippen LogP contribution >= 0.6 is 12.2 Å². The molecule has 114 valence electrons. The van der Waals surface area contributed by atoms with Crippen molar-refractivity contribution in [2.45, 2.75) is 0 Å². The second kappa shape index (κ2) is 6.02. The molecule has 2 aromatic rings. The Bertz CT molecular complexity index is 819. The van der Waals surface area contributed by atoms with Crippen LogP contribution in [0.1, 0.15) is 5.56 Å². The molecule has 0 saturated carbocycles.